The lowest BCUT2D eigenvalue weighted by molar-refractivity contribution is -0.131. The van der Waals surface area contributed by atoms with Gasteiger partial charge in [0.1, 0.15) is 0 Å². The minimum absolute atomic E-state index is 0.123. The van der Waals surface area contributed by atoms with Gasteiger partial charge in [-0.2, -0.15) is 0 Å². The van der Waals surface area contributed by atoms with Crippen LogP contribution in [0.2, 0.25) is 0 Å². The molecule has 0 radical (unpaired) electrons. The first-order valence-electron chi connectivity index (χ1n) is 9.42. The fraction of sp³-hybridized carbons (Fsp3) is 0.409. The first-order valence-corrected chi connectivity index (χ1v) is 9.42. The molecule has 0 aliphatic rings. The molecule has 2 rings (SSSR count). The third-order valence-electron chi connectivity index (χ3n) is 4.52. The van der Waals surface area contributed by atoms with Gasteiger partial charge in [-0.05, 0) is 36.1 Å². The molecule has 2 N–H and O–H groups in total. The second kappa shape index (κ2) is 10.5. The van der Waals surface area contributed by atoms with E-state index in [0.717, 1.165) is 30.5 Å². The van der Waals surface area contributed by atoms with Crippen molar-refractivity contribution < 1.29 is 15.0 Å². The Morgan fingerprint density at radius 1 is 0.923 bits per heavy atom. The van der Waals surface area contributed by atoms with Crippen molar-refractivity contribution in [3.8, 4) is 11.5 Å². The molecule has 2 aromatic rings. The van der Waals surface area contributed by atoms with Gasteiger partial charge in [-0.15, -0.1) is 0 Å². The van der Waals surface area contributed by atoms with Crippen LogP contribution >= 0.6 is 0 Å². The van der Waals surface area contributed by atoms with E-state index in [4.69, 9.17) is 0 Å². The molecule has 0 fully saturated rings. The van der Waals surface area contributed by atoms with Crippen LogP contribution in [0.15, 0.2) is 48.5 Å². The summed E-state index contributed by atoms with van der Waals surface area (Å²) in [5.74, 6) is -0.157. The number of hydrogen-bond donors (Lipinski definition) is 2. The van der Waals surface area contributed by atoms with E-state index in [0.29, 0.717) is 19.4 Å². The maximum Gasteiger partial charge on any atom is 0.223 e. The van der Waals surface area contributed by atoms with E-state index in [9.17, 15) is 15.0 Å². The molecule has 140 valence electrons. The van der Waals surface area contributed by atoms with Gasteiger partial charge in [0.05, 0.1) is 0 Å². The quantitative estimate of drug-likeness (QED) is 0.482. The van der Waals surface area contributed by atoms with Crippen LogP contribution in [-0.4, -0.2) is 27.6 Å². The van der Waals surface area contributed by atoms with Crippen molar-refractivity contribution in [1.82, 2.24) is 4.90 Å². The summed E-state index contributed by atoms with van der Waals surface area (Å²) >= 11 is 0. The summed E-state index contributed by atoms with van der Waals surface area (Å²) in [5, 5.41) is 19.0. The maximum absolute atomic E-state index is 12.8. The molecule has 4 nitrogen and oxygen atoms in total. The number of aryl methyl sites for hydroxylation is 1. The van der Waals surface area contributed by atoms with Gasteiger partial charge in [-0.1, -0.05) is 62.6 Å². The molecule has 0 heterocycles. The second-order valence-electron chi connectivity index (χ2n) is 6.68. The molecular formula is C22H29NO3. The lowest BCUT2D eigenvalue weighted by atomic mass is 10.1. The highest BCUT2D eigenvalue weighted by Gasteiger charge is 2.14. The summed E-state index contributed by atoms with van der Waals surface area (Å²) in [7, 11) is 0. The van der Waals surface area contributed by atoms with Crippen molar-refractivity contribution >= 4 is 5.91 Å². The minimum atomic E-state index is -0.143. The van der Waals surface area contributed by atoms with E-state index in [2.05, 4.69) is 6.92 Å². The number of rotatable bonds is 10. The largest absolute Gasteiger partial charge is 0.504 e. The van der Waals surface area contributed by atoms with Crippen LogP contribution in [0.5, 0.6) is 11.5 Å². The highest BCUT2D eigenvalue weighted by Crippen LogP contribution is 2.25. The molecule has 4 heteroatoms. The normalized spacial score (nSPS) is 10.7. The lowest BCUT2D eigenvalue weighted by Crippen LogP contribution is -2.31. The lowest BCUT2D eigenvalue weighted by Gasteiger charge is -2.23. The Hall–Kier alpha value is -2.49. The van der Waals surface area contributed by atoms with E-state index in [1.807, 2.05) is 35.2 Å². The van der Waals surface area contributed by atoms with Crippen LogP contribution in [0, 0.1) is 0 Å². The van der Waals surface area contributed by atoms with Crippen LogP contribution in [0.3, 0.4) is 0 Å². The minimum Gasteiger partial charge on any atom is -0.504 e. The summed E-state index contributed by atoms with van der Waals surface area (Å²) in [6.07, 6.45) is 5.47. The standard InChI is InChI=1S/C22H29NO3/c1-2-3-4-8-15-23(17-19-9-6-5-7-10-19)22(26)14-12-18-11-13-20(24)21(25)16-18/h5-7,9-11,13,16,24-25H,2-4,8,12,14-15,17H2,1H3. The molecule has 1 amide bonds. The maximum atomic E-state index is 12.8. The summed E-state index contributed by atoms with van der Waals surface area (Å²) in [6.45, 7) is 3.58. The van der Waals surface area contributed by atoms with Crippen molar-refractivity contribution in [2.24, 2.45) is 0 Å². The highest BCUT2D eigenvalue weighted by molar-refractivity contribution is 5.76. The Labute approximate surface area is 156 Å². The monoisotopic (exact) mass is 355 g/mol. The van der Waals surface area contributed by atoms with Gasteiger partial charge in [0.2, 0.25) is 5.91 Å². The molecule has 0 unspecified atom stereocenters. The predicted octanol–water partition coefficient (Wildman–Crippen LogP) is 4.64. The van der Waals surface area contributed by atoms with Crippen LogP contribution in [0.25, 0.3) is 0 Å². The summed E-state index contributed by atoms with van der Waals surface area (Å²) in [4.78, 5) is 14.7. The molecule has 0 aliphatic carbocycles. The Bertz CT molecular complexity index is 685. The molecule has 0 spiro atoms. The van der Waals surface area contributed by atoms with Crippen molar-refractivity contribution in [1.29, 1.82) is 0 Å². The van der Waals surface area contributed by atoms with Crippen molar-refractivity contribution in [2.75, 3.05) is 6.54 Å². The molecule has 0 saturated heterocycles. The summed E-state index contributed by atoms with van der Waals surface area (Å²) in [5.41, 5.74) is 1.98. The molecule has 2 aromatic carbocycles. The van der Waals surface area contributed by atoms with Crippen molar-refractivity contribution in [3.05, 3.63) is 59.7 Å². The average molecular weight is 355 g/mol. The molecule has 0 aliphatic heterocycles. The Morgan fingerprint density at radius 3 is 2.38 bits per heavy atom. The van der Waals surface area contributed by atoms with Gasteiger partial charge >= 0.3 is 0 Å². The van der Waals surface area contributed by atoms with Crippen molar-refractivity contribution in [3.63, 3.8) is 0 Å². The molecule has 0 saturated carbocycles. The third-order valence-corrected chi connectivity index (χ3v) is 4.52. The zero-order chi connectivity index (χ0) is 18.8. The van der Waals surface area contributed by atoms with Gasteiger partial charge < -0.3 is 15.1 Å². The first kappa shape index (κ1) is 19.8. The molecule has 26 heavy (non-hydrogen) atoms. The smallest absolute Gasteiger partial charge is 0.223 e. The van der Waals surface area contributed by atoms with Gasteiger partial charge in [0.25, 0.3) is 0 Å². The fourth-order valence-electron chi connectivity index (χ4n) is 2.96. The number of carbonyl (C=O) groups is 1. The number of hydrogen-bond acceptors (Lipinski definition) is 3. The van der Waals surface area contributed by atoms with E-state index >= 15 is 0 Å². The van der Waals surface area contributed by atoms with Crippen molar-refractivity contribution in [2.45, 2.75) is 52.0 Å². The highest BCUT2D eigenvalue weighted by atomic mass is 16.3. The molecule has 0 aromatic heterocycles. The van der Waals surface area contributed by atoms with Crippen LogP contribution in [0.4, 0.5) is 0 Å². The van der Waals surface area contributed by atoms with E-state index in [1.54, 1.807) is 6.07 Å². The second-order valence-corrected chi connectivity index (χ2v) is 6.68. The number of benzene rings is 2. The zero-order valence-corrected chi connectivity index (χ0v) is 15.5. The fourth-order valence-corrected chi connectivity index (χ4v) is 2.96. The number of aromatic hydroxyl groups is 2. The predicted molar refractivity (Wildman–Crippen MR) is 104 cm³/mol. The van der Waals surface area contributed by atoms with Gasteiger partial charge in [0, 0.05) is 19.5 Å². The van der Waals surface area contributed by atoms with Crippen LogP contribution in [-0.2, 0) is 17.8 Å². The summed E-state index contributed by atoms with van der Waals surface area (Å²) < 4.78 is 0. The number of amides is 1. The zero-order valence-electron chi connectivity index (χ0n) is 15.5. The Kier molecular flexibility index (Phi) is 8.00. The Balaban J connectivity index is 1.95. The van der Waals surface area contributed by atoms with Crippen LogP contribution in [0.1, 0.15) is 50.2 Å². The number of nitrogens with zero attached hydrogens (tertiary/aromatic N) is 1. The van der Waals surface area contributed by atoms with Gasteiger partial charge in [-0.3, -0.25) is 4.79 Å². The molecule has 0 bridgehead atoms. The van der Waals surface area contributed by atoms with Gasteiger partial charge in [-0.25, -0.2) is 0 Å². The van der Waals surface area contributed by atoms with E-state index in [1.165, 1.54) is 25.0 Å². The number of phenolic OH excluding ortho intramolecular Hbond substituents is 2. The average Bonchev–Trinajstić information content (AvgIpc) is 2.65. The molecule has 0 atom stereocenters. The topological polar surface area (TPSA) is 60.8 Å². The van der Waals surface area contributed by atoms with E-state index in [-0.39, 0.29) is 17.4 Å². The molecular weight excluding hydrogens is 326 g/mol. The van der Waals surface area contributed by atoms with E-state index < -0.39 is 0 Å². The van der Waals surface area contributed by atoms with Gasteiger partial charge in [0.15, 0.2) is 11.5 Å². The Morgan fingerprint density at radius 2 is 1.69 bits per heavy atom. The number of unbranched alkanes of at least 4 members (excludes halogenated alkanes) is 3. The third kappa shape index (κ3) is 6.43. The summed E-state index contributed by atoms with van der Waals surface area (Å²) in [6, 6.07) is 14.8. The number of carbonyl (C=O) groups excluding carboxylic acids is 1. The SMILES string of the molecule is CCCCCCN(Cc1ccccc1)C(=O)CCc1ccc(O)c(O)c1. The van der Waals surface area contributed by atoms with Crippen LogP contribution < -0.4 is 0 Å². The number of phenols is 2. The first-order chi connectivity index (χ1) is 12.6.